The molecule has 0 saturated heterocycles. The molecule has 0 aliphatic rings. The van der Waals surface area contributed by atoms with Gasteiger partial charge in [-0.2, -0.15) is 0 Å². The highest BCUT2D eigenvalue weighted by atomic mass is 19.1. The Labute approximate surface area is 112 Å². The summed E-state index contributed by atoms with van der Waals surface area (Å²) in [6.45, 7) is 0.951. The van der Waals surface area contributed by atoms with E-state index in [1.54, 1.807) is 18.3 Å². The average Bonchev–Trinajstić information content (AvgIpc) is 2.43. The van der Waals surface area contributed by atoms with Gasteiger partial charge in [-0.1, -0.05) is 24.3 Å². The molecule has 0 aliphatic heterocycles. The molecule has 0 bridgehead atoms. The van der Waals surface area contributed by atoms with E-state index < -0.39 is 0 Å². The van der Waals surface area contributed by atoms with Crippen LogP contribution in [0, 0.1) is 5.82 Å². The van der Waals surface area contributed by atoms with Gasteiger partial charge in [0.15, 0.2) is 0 Å². The lowest BCUT2D eigenvalue weighted by atomic mass is 10.1. The fourth-order valence-corrected chi connectivity index (χ4v) is 2.11. The number of halogens is 1. The monoisotopic (exact) mass is 259 g/mol. The van der Waals surface area contributed by atoms with Crippen molar-refractivity contribution in [2.45, 2.75) is 12.6 Å². The van der Waals surface area contributed by atoms with Crippen LogP contribution in [0.5, 0.6) is 0 Å². The van der Waals surface area contributed by atoms with Crippen molar-refractivity contribution in [3.63, 3.8) is 0 Å². The number of aromatic nitrogens is 1. The lowest BCUT2D eigenvalue weighted by Gasteiger charge is -2.26. The smallest absolute Gasteiger partial charge is 0.127 e. The van der Waals surface area contributed by atoms with Gasteiger partial charge in [0.1, 0.15) is 5.82 Å². The van der Waals surface area contributed by atoms with Gasteiger partial charge in [-0.15, -0.1) is 0 Å². The highest BCUT2D eigenvalue weighted by molar-refractivity contribution is 5.18. The van der Waals surface area contributed by atoms with Gasteiger partial charge >= 0.3 is 0 Å². The summed E-state index contributed by atoms with van der Waals surface area (Å²) < 4.78 is 13.6. The Balaban J connectivity index is 2.14. The van der Waals surface area contributed by atoms with Gasteiger partial charge in [0.2, 0.25) is 0 Å². The van der Waals surface area contributed by atoms with Crippen molar-refractivity contribution in [1.29, 1.82) is 0 Å². The fraction of sp³-hybridized carbons (Fsp3) is 0.267. The predicted molar refractivity (Wildman–Crippen MR) is 73.9 cm³/mol. The summed E-state index contributed by atoms with van der Waals surface area (Å²) in [5, 5.41) is 0. The minimum absolute atomic E-state index is 0.0131. The summed E-state index contributed by atoms with van der Waals surface area (Å²) in [7, 11) is 1.93. The Bertz CT molecular complexity index is 516. The molecule has 0 spiro atoms. The van der Waals surface area contributed by atoms with Crippen LogP contribution in [0.1, 0.15) is 17.3 Å². The van der Waals surface area contributed by atoms with Crippen LogP contribution >= 0.6 is 0 Å². The van der Waals surface area contributed by atoms with E-state index in [9.17, 15) is 4.39 Å². The molecule has 2 aromatic rings. The molecule has 0 radical (unpaired) electrons. The molecule has 0 aliphatic carbocycles. The molecule has 2 rings (SSSR count). The number of hydrogen-bond donors (Lipinski definition) is 1. The van der Waals surface area contributed by atoms with Crippen LogP contribution < -0.4 is 5.73 Å². The Morgan fingerprint density at radius 1 is 1.21 bits per heavy atom. The van der Waals surface area contributed by atoms with E-state index in [1.165, 1.54) is 6.07 Å². The first-order valence-electron chi connectivity index (χ1n) is 6.27. The van der Waals surface area contributed by atoms with Crippen LogP contribution in [0.2, 0.25) is 0 Å². The minimum atomic E-state index is -0.189. The first-order chi connectivity index (χ1) is 9.22. The second kappa shape index (κ2) is 6.41. The molecule has 0 saturated carbocycles. The average molecular weight is 259 g/mol. The Morgan fingerprint density at radius 3 is 2.58 bits per heavy atom. The molecule has 0 amide bonds. The third kappa shape index (κ3) is 3.36. The number of rotatable bonds is 5. The van der Waals surface area contributed by atoms with Crippen LogP contribution in [0.4, 0.5) is 4.39 Å². The summed E-state index contributed by atoms with van der Waals surface area (Å²) in [5.41, 5.74) is 7.39. The number of nitrogens with two attached hydrogens (primary N) is 1. The summed E-state index contributed by atoms with van der Waals surface area (Å²) in [6, 6.07) is 12.5. The standard InChI is InChI=1S/C15H18FN3/c1-19(11-12-6-2-3-7-13(12)16)15(10-17)14-8-4-5-9-18-14/h2-9,15H,10-11,17H2,1H3. The van der Waals surface area contributed by atoms with E-state index in [1.807, 2.05) is 36.2 Å². The zero-order valence-electron chi connectivity index (χ0n) is 11.0. The number of benzene rings is 1. The summed E-state index contributed by atoms with van der Waals surface area (Å²) in [4.78, 5) is 6.33. The SMILES string of the molecule is CN(Cc1ccccc1F)C(CN)c1ccccn1. The van der Waals surface area contributed by atoms with Crippen molar-refractivity contribution in [1.82, 2.24) is 9.88 Å². The molecule has 3 nitrogen and oxygen atoms in total. The van der Waals surface area contributed by atoms with Crippen LogP contribution in [-0.4, -0.2) is 23.5 Å². The molecule has 1 heterocycles. The van der Waals surface area contributed by atoms with Gasteiger partial charge in [-0.3, -0.25) is 9.88 Å². The van der Waals surface area contributed by atoms with E-state index in [0.29, 0.717) is 18.7 Å². The lowest BCUT2D eigenvalue weighted by Crippen LogP contribution is -2.31. The summed E-state index contributed by atoms with van der Waals surface area (Å²) in [6.07, 6.45) is 1.74. The van der Waals surface area contributed by atoms with E-state index in [0.717, 1.165) is 5.69 Å². The van der Waals surface area contributed by atoms with Crippen molar-refractivity contribution in [2.75, 3.05) is 13.6 Å². The molecule has 0 fully saturated rings. The predicted octanol–water partition coefficient (Wildman–Crippen LogP) is 2.35. The summed E-state index contributed by atoms with van der Waals surface area (Å²) >= 11 is 0. The highest BCUT2D eigenvalue weighted by Gasteiger charge is 2.17. The minimum Gasteiger partial charge on any atom is -0.329 e. The Hall–Kier alpha value is -1.78. The zero-order valence-corrected chi connectivity index (χ0v) is 11.0. The third-order valence-electron chi connectivity index (χ3n) is 3.16. The molecule has 100 valence electrons. The fourth-order valence-electron chi connectivity index (χ4n) is 2.11. The first kappa shape index (κ1) is 13.6. The van der Waals surface area contributed by atoms with Crippen molar-refractivity contribution < 1.29 is 4.39 Å². The second-order valence-corrected chi connectivity index (χ2v) is 4.51. The second-order valence-electron chi connectivity index (χ2n) is 4.51. The Morgan fingerprint density at radius 2 is 1.95 bits per heavy atom. The van der Waals surface area contributed by atoms with E-state index >= 15 is 0 Å². The number of nitrogens with zero attached hydrogens (tertiary/aromatic N) is 2. The van der Waals surface area contributed by atoms with Crippen LogP contribution in [0.15, 0.2) is 48.7 Å². The summed E-state index contributed by atoms with van der Waals surface area (Å²) in [5.74, 6) is -0.189. The topological polar surface area (TPSA) is 42.1 Å². The normalized spacial score (nSPS) is 12.6. The van der Waals surface area contributed by atoms with Gasteiger partial charge in [0, 0.05) is 24.8 Å². The van der Waals surface area contributed by atoms with E-state index in [4.69, 9.17) is 5.73 Å². The van der Waals surface area contributed by atoms with Gasteiger partial charge in [0.05, 0.1) is 11.7 Å². The maximum absolute atomic E-state index is 13.6. The number of hydrogen-bond acceptors (Lipinski definition) is 3. The van der Waals surface area contributed by atoms with Crippen LogP contribution in [0.25, 0.3) is 0 Å². The first-order valence-corrected chi connectivity index (χ1v) is 6.27. The van der Waals surface area contributed by atoms with Crippen LogP contribution in [-0.2, 0) is 6.54 Å². The molecule has 2 N–H and O–H groups in total. The molecule has 19 heavy (non-hydrogen) atoms. The Kier molecular flexibility index (Phi) is 4.60. The van der Waals surface area contributed by atoms with Gasteiger partial charge in [-0.25, -0.2) is 4.39 Å². The molecule has 1 aromatic heterocycles. The van der Waals surface area contributed by atoms with E-state index in [-0.39, 0.29) is 11.9 Å². The van der Waals surface area contributed by atoms with Crippen molar-refractivity contribution in [2.24, 2.45) is 5.73 Å². The maximum atomic E-state index is 13.6. The van der Waals surface area contributed by atoms with E-state index in [2.05, 4.69) is 4.98 Å². The van der Waals surface area contributed by atoms with Crippen molar-refractivity contribution in [3.8, 4) is 0 Å². The third-order valence-corrected chi connectivity index (χ3v) is 3.16. The van der Waals surface area contributed by atoms with Crippen LogP contribution in [0.3, 0.4) is 0 Å². The molecule has 1 unspecified atom stereocenters. The molecule has 4 heteroatoms. The van der Waals surface area contributed by atoms with Gasteiger partial charge < -0.3 is 5.73 Å². The maximum Gasteiger partial charge on any atom is 0.127 e. The zero-order chi connectivity index (χ0) is 13.7. The molecule has 1 aromatic carbocycles. The molecular formula is C15H18FN3. The molecule has 1 atom stereocenters. The molecular weight excluding hydrogens is 241 g/mol. The van der Waals surface area contributed by atoms with Crippen molar-refractivity contribution in [3.05, 3.63) is 65.7 Å². The quantitative estimate of drug-likeness (QED) is 0.896. The number of likely N-dealkylation sites (N-methyl/N-ethyl adjacent to an activating group) is 1. The van der Waals surface area contributed by atoms with Gasteiger partial charge in [-0.05, 0) is 25.2 Å². The van der Waals surface area contributed by atoms with Gasteiger partial charge in [0.25, 0.3) is 0 Å². The number of pyridine rings is 1. The van der Waals surface area contributed by atoms with Crippen molar-refractivity contribution >= 4 is 0 Å². The lowest BCUT2D eigenvalue weighted by molar-refractivity contribution is 0.234. The largest absolute Gasteiger partial charge is 0.329 e. The highest BCUT2D eigenvalue weighted by Crippen LogP contribution is 2.19.